The normalized spacial score (nSPS) is 11.8. The Morgan fingerprint density at radius 1 is 1.00 bits per heavy atom. The van der Waals surface area contributed by atoms with E-state index in [1.54, 1.807) is 12.1 Å². The Bertz CT molecular complexity index is 1490. The van der Waals surface area contributed by atoms with Gasteiger partial charge in [0.15, 0.2) is 28.9 Å². The van der Waals surface area contributed by atoms with Gasteiger partial charge in [0.2, 0.25) is 5.88 Å². The number of carbonyl (C=O) groups is 1. The molecule has 10 nitrogen and oxygen atoms in total. The highest BCUT2D eigenvalue weighted by Gasteiger charge is 2.51. The lowest BCUT2D eigenvalue weighted by molar-refractivity contribution is -0.180. The van der Waals surface area contributed by atoms with E-state index < -0.39 is 34.8 Å². The Labute approximate surface area is 212 Å². The van der Waals surface area contributed by atoms with Gasteiger partial charge in [0, 0.05) is 6.07 Å². The van der Waals surface area contributed by atoms with Crippen LogP contribution in [0, 0.1) is 5.82 Å². The van der Waals surface area contributed by atoms with Crippen LogP contribution in [0.2, 0.25) is 0 Å². The molecule has 0 aliphatic heterocycles. The van der Waals surface area contributed by atoms with Gasteiger partial charge in [0.05, 0.1) is 41.8 Å². The third-order valence-electron chi connectivity index (χ3n) is 5.71. The van der Waals surface area contributed by atoms with Crippen molar-refractivity contribution in [1.82, 2.24) is 15.1 Å². The summed E-state index contributed by atoms with van der Waals surface area (Å²) in [4.78, 5) is 20.7. The van der Waals surface area contributed by atoms with Crippen molar-refractivity contribution in [2.75, 3.05) is 24.9 Å². The Balaban J connectivity index is 1.57. The maximum Gasteiger partial charge on any atom is 0.398 e. The molecule has 38 heavy (non-hydrogen) atoms. The number of urea groups is 1. The summed E-state index contributed by atoms with van der Waals surface area (Å²) in [6.07, 6.45) is -2.65. The van der Waals surface area contributed by atoms with Gasteiger partial charge in [-0.15, -0.1) is 0 Å². The lowest BCUT2D eigenvalue weighted by Crippen LogP contribution is -2.37. The van der Waals surface area contributed by atoms with Crippen LogP contribution in [-0.4, -0.2) is 41.6 Å². The summed E-state index contributed by atoms with van der Waals surface area (Å²) in [7, 11) is 2.91. The van der Waals surface area contributed by atoms with Crippen molar-refractivity contribution in [3.8, 4) is 23.1 Å². The van der Waals surface area contributed by atoms with Gasteiger partial charge >= 0.3 is 12.2 Å². The zero-order valence-electron chi connectivity index (χ0n) is 20.4. The molecule has 0 radical (unpaired) electrons. The van der Waals surface area contributed by atoms with Gasteiger partial charge in [-0.1, -0.05) is 11.2 Å². The van der Waals surface area contributed by atoms with Crippen LogP contribution >= 0.6 is 0 Å². The molecule has 2 amide bonds. The maximum atomic E-state index is 15.2. The summed E-state index contributed by atoms with van der Waals surface area (Å²) in [6.45, 7) is 1.82. The molecule has 2 N–H and O–H groups in total. The van der Waals surface area contributed by atoms with E-state index in [9.17, 15) is 18.0 Å². The Hall–Kier alpha value is -4.62. The highest BCUT2D eigenvalue weighted by Crippen LogP contribution is 2.43. The van der Waals surface area contributed by atoms with Gasteiger partial charge in [-0.3, -0.25) is 5.32 Å². The number of methoxy groups -OCH3 is 2. The average molecular weight is 535 g/mol. The minimum Gasteiger partial charge on any atom is -0.493 e. The summed E-state index contributed by atoms with van der Waals surface area (Å²) in [5.41, 5.74) is -2.66. The molecule has 200 valence electrons. The topological polar surface area (TPSA) is 121 Å². The van der Waals surface area contributed by atoms with Crippen molar-refractivity contribution in [3.05, 3.63) is 54.3 Å². The standard InChI is InChI=1S/C24H21F4N5O5/c1-23(2,24(26,27)28)13-10-37-33-20(13)32-22(34)31-14-6-5-7-16(19(14)25)38-21-12-8-17(35-3)18(36-4)9-15(12)29-11-30-21/h5-11H,1-4H3,(H2,31,32,33,34). The summed E-state index contributed by atoms with van der Waals surface area (Å²) in [6, 6.07) is 6.04. The number of alkyl halides is 3. The number of benzene rings is 2. The van der Waals surface area contributed by atoms with Crippen LogP contribution in [0.4, 0.5) is 33.9 Å². The van der Waals surface area contributed by atoms with Crippen molar-refractivity contribution in [3.63, 3.8) is 0 Å². The third kappa shape index (κ3) is 4.96. The van der Waals surface area contributed by atoms with Crippen LogP contribution in [0.15, 0.2) is 47.4 Å². The second kappa shape index (κ2) is 10.0. The minimum absolute atomic E-state index is 0.00178. The fourth-order valence-electron chi connectivity index (χ4n) is 3.42. The fraction of sp³-hybridized carbons (Fsp3) is 0.250. The molecule has 0 spiro atoms. The fourth-order valence-corrected chi connectivity index (χ4v) is 3.42. The molecular weight excluding hydrogens is 514 g/mol. The smallest absolute Gasteiger partial charge is 0.398 e. The van der Waals surface area contributed by atoms with E-state index in [1.807, 2.05) is 0 Å². The number of hydrogen-bond acceptors (Lipinski definition) is 8. The minimum atomic E-state index is -4.65. The first-order valence-electron chi connectivity index (χ1n) is 10.9. The van der Waals surface area contributed by atoms with Gasteiger partial charge in [-0.2, -0.15) is 13.2 Å². The molecule has 2 aromatic carbocycles. The van der Waals surface area contributed by atoms with Gasteiger partial charge in [0.1, 0.15) is 12.6 Å². The maximum absolute atomic E-state index is 15.2. The summed E-state index contributed by atoms with van der Waals surface area (Å²) in [5.74, 6) is -0.939. The van der Waals surface area contributed by atoms with Crippen molar-refractivity contribution in [1.29, 1.82) is 0 Å². The molecule has 0 atom stereocenters. The number of ether oxygens (including phenoxy) is 3. The number of anilines is 2. The van der Waals surface area contributed by atoms with Crippen molar-refractivity contribution < 1.29 is 41.1 Å². The predicted molar refractivity (Wildman–Crippen MR) is 127 cm³/mol. The average Bonchev–Trinajstić information content (AvgIpc) is 3.33. The van der Waals surface area contributed by atoms with Crippen LogP contribution in [0.1, 0.15) is 19.4 Å². The second-order valence-electron chi connectivity index (χ2n) is 8.40. The van der Waals surface area contributed by atoms with Crippen molar-refractivity contribution in [2.24, 2.45) is 0 Å². The number of halogens is 4. The van der Waals surface area contributed by atoms with Crippen LogP contribution in [0.5, 0.6) is 23.1 Å². The summed E-state index contributed by atoms with van der Waals surface area (Å²) in [5, 5.41) is 8.20. The van der Waals surface area contributed by atoms with E-state index in [0.29, 0.717) is 22.4 Å². The molecule has 0 unspecified atom stereocenters. The van der Waals surface area contributed by atoms with E-state index in [-0.39, 0.29) is 17.3 Å². The molecule has 2 aromatic heterocycles. The zero-order chi connectivity index (χ0) is 27.7. The largest absolute Gasteiger partial charge is 0.493 e. The molecular formula is C24H21F4N5O5. The quantitative estimate of drug-likeness (QED) is 0.275. The van der Waals surface area contributed by atoms with E-state index in [0.717, 1.165) is 20.1 Å². The molecule has 0 saturated carbocycles. The van der Waals surface area contributed by atoms with Gasteiger partial charge in [-0.25, -0.2) is 19.2 Å². The van der Waals surface area contributed by atoms with Crippen molar-refractivity contribution >= 4 is 28.4 Å². The first kappa shape index (κ1) is 26.4. The van der Waals surface area contributed by atoms with Gasteiger partial charge in [0.25, 0.3) is 0 Å². The van der Waals surface area contributed by atoms with E-state index >= 15 is 4.39 Å². The molecule has 0 aliphatic rings. The molecule has 4 aromatic rings. The van der Waals surface area contributed by atoms with E-state index in [2.05, 4.69) is 30.3 Å². The summed E-state index contributed by atoms with van der Waals surface area (Å²) >= 11 is 0. The number of nitrogens with zero attached hydrogens (tertiary/aromatic N) is 3. The molecule has 0 fully saturated rings. The van der Waals surface area contributed by atoms with Gasteiger partial charge < -0.3 is 24.1 Å². The van der Waals surface area contributed by atoms with Gasteiger partial charge in [-0.05, 0) is 32.0 Å². The number of fused-ring (bicyclic) bond motifs is 1. The van der Waals surface area contributed by atoms with Crippen LogP contribution in [0.3, 0.4) is 0 Å². The van der Waals surface area contributed by atoms with Crippen LogP contribution < -0.4 is 24.8 Å². The lowest BCUT2D eigenvalue weighted by atomic mass is 9.85. The molecule has 0 bridgehead atoms. The predicted octanol–water partition coefficient (Wildman–Crippen LogP) is 6.05. The summed E-state index contributed by atoms with van der Waals surface area (Å²) < 4.78 is 76.4. The number of rotatable bonds is 7. The van der Waals surface area contributed by atoms with E-state index in [4.69, 9.17) is 14.2 Å². The first-order chi connectivity index (χ1) is 18.0. The monoisotopic (exact) mass is 535 g/mol. The number of nitrogens with one attached hydrogen (secondary N) is 2. The lowest BCUT2D eigenvalue weighted by Gasteiger charge is -2.26. The zero-order valence-corrected chi connectivity index (χ0v) is 20.4. The molecule has 0 aliphatic carbocycles. The SMILES string of the molecule is COc1cc2ncnc(Oc3cccc(NC(=O)Nc4nocc4C(C)(C)C(F)(F)F)c3F)c2cc1OC. The molecule has 4 rings (SSSR count). The Morgan fingerprint density at radius 3 is 2.39 bits per heavy atom. The van der Waals surface area contributed by atoms with Crippen molar-refractivity contribution in [2.45, 2.75) is 25.4 Å². The number of amides is 2. The third-order valence-corrected chi connectivity index (χ3v) is 5.71. The van der Waals surface area contributed by atoms with E-state index in [1.165, 1.54) is 38.7 Å². The molecule has 14 heteroatoms. The number of aromatic nitrogens is 3. The Kier molecular flexibility index (Phi) is 6.98. The highest BCUT2D eigenvalue weighted by molar-refractivity contribution is 5.99. The number of carbonyl (C=O) groups excluding carboxylic acids is 1. The Morgan fingerprint density at radius 2 is 1.71 bits per heavy atom. The first-order valence-corrected chi connectivity index (χ1v) is 10.9. The second-order valence-corrected chi connectivity index (χ2v) is 8.40. The molecule has 2 heterocycles. The number of hydrogen-bond donors (Lipinski definition) is 2. The van der Waals surface area contributed by atoms with Crippen LogP contribution in [0.25, 0.3) is 10.9 Å². The highest BCUT2D eigenvalue weighted by atomic mass is 19.4. The molecule has 0 saturated heterocycles. The van der Waals surface area contributed by atoms with Crippen LogP contribution in [-0.2, 0) is 5.41 Å².